The number of ketones is 1. The first kappa shape index (κ1) is 13.2. The second-order valence-corrected chi connectivity index (χ2v) is 2.89. The zero-order valence-electron chi connectivity index (χ0n) is 8.83. The summed E-state index contributed by atoms with van der Waals surface area (Å²) in [6.07, 6.45) is -0.244. The van der Waals surface area contributed by atoms with E-state index in [2.05, 4.69) is 21.3 Å². The van der Waals surface area contributed by atoms with Crippen molar-refractivity contribution in [2.24, 2.45) is 0 Å². The summed E-state index contributed by atoms with van der Waals surface area (Å²) in [6, 6.07) is 0. The number of ether oxygens (including phenoxy) is 2. The monoisotopic (exact) mass is 212 g/mol. The van der Waals surface area contributed by atoms with Crippen LogP contribution >= 0.6 is 0 Å². The predicted octanol–water partition coefficient (Wildman–Crippen LogP) is 0.0736. The van der Waals surface area contributed by atoms with Gasteiger partial charge in [-0.05, 0) is 19.8 Å². The molecule has 0 aliphatic heterocycles. The molecule has 0 bridgehead atoms. The number of carbonyl (C=O) groups excluding carboxylic acids is 3. The summed E-state index contributed by atoms with van der Waals surface area (Å²) in [4.78, 5) is 31.8. The Morgan fingerprint density at radius 3 is 2.33 bits per heavy atom. The van der Waals surface area contributed by atoms with Gasteiger partial charge in [-0.2, -0.15) is 0 Å². The fraction of sp³-hybridized carbons (Fsp3) is 0.500. The molecule has 15 heavy (non-hydrogen) atoms. The van der Waals surface area contributed by atoms with E-state index < -0.39 is 17.7 Å². The highest BCUT2D eigenvalue weighted by molar-refractivity contribution is 6.32. The summed E-state index contributed by atoms with van der Waals surface area (Å²) < 4.78 is 9.07. The van der Waals surface area contributed by atoms with E-state index in [0.717, 1.165) is 6.92 Å². The van der Waals surface area contributed by atoms with Gasteiger partial charge in [0.15, 0.2) is 6.61 Å². The third-order valence-electron chi connectivity index (χ3n) is 1.10. The van der Waals surface area contributed by atoms with Gasteiger partial charge in [-0.15, -0.1) is 0 Å². The van der Waals surface area contributed by atoms with Crippen LogP contribution in [0.4, 0.5) is 0 Å². The molecule has 0 amide bonds. The minimum Gasteiger partial charge on any atom is -0.453 e. The third-order valence-corrected chi connectivity index (χ3v) is 1.10. The second-order valence-electron chi connectivity index (χ2n) is 2.89. The van der Waals surface area contributed by atoms with E-state index in [1.807, 2.05) is 0 Å². The molecule has 0 heterocycles. The second kappa shape index (κ2) is 6.60. The maximum absolute atomic E-state index is 10.8. The Balaban J connectivity index is 3.86. The summed E-state index contributed by atoms with van der Waals surface area (Å²) in [6.45, 7) is 4.17. The van der Waals surface area contributed by atoms with Gasteiger partial charge in [-0.3, -0.25) is 4.79 Å². The van der Waals surface area contributed by atoms with Gasteiger partial charge in [0.05, 0.1) is 6.10 Å². The molecular formula is C10H12O5. The van der Waals surface area contributed by atoms with E-state index in [-0.39, 0.29) is 12.7 Å². The Morgan fingerprint density at radius 1 is 1.27 bits per heavy atom. The molecule has 0 radical (unpaired) electrons. The van der Waals surface area contributed by atoms with Crippen molar-refractivity contribution in [2.45, 2.75) is 26.9 Å². The zero-order valence-corrected chi connectivity index (χ0v) is 8.83. The zero-order chi connectivity index (χ0) is 11.8. The van der Waals surface area contributed by atoms with Gasteiger partial charge in [-0.1, -0.05) is 0 Å². The minimum absolute atomic E-state index is 0.244. The quantitative estimate of drug-likeness (QED) is 0.286. The predicted molar refractivity (Wildman–Crippen MR) is 50.6 cm³/mol. The molecular weight excluding hydrogens is 200 g/mol. The van der Waals surface area contributed by atoms with Crippen molar-refractivity contribution in [1.29, 1.82) is 0 Å². The Labute approximate surface area is 87.7 Å². The first-order chi connectivity index (χ1) is 6.93. The van der Waals surface area contributed by atoms with Crippen LogP contribution in [0.5, 0.6) is 0 Å². The van der Waals surface area contributed by atoms with Crippen LogP contribution in [0.25, 0.3) is 0 Å². The summed E-state index contributed by atoms with van der Waals surface area (Å²) in [5.74, 6) is 2.00. The molecule has 5 heteroatoms. The van der Waals surface area contributed by atoms with Crippen molar-refractivity contribution in [3.8, 4) is 11.8 Å². The smallest absolute Gasteiger partial charge is 0.384 e. The molecule has 0 aromatic carbocycles. The van der Waals surface area contributed by atoms with E-state index in [1.165, 1.54) is 0 Å². The Hall–Kier alpha value is -1.83. The van der Waals surface area contributed by atoms with Crippen molar-refractivity contribution in [2.75, 3.05) is 6.61 Å². The summed E-state index contributed by atoms with van der Waals surface area (Å²) >= 11 is 0. The average Bonchev–Trinajstić information content (AvgIpc) is 2.10. The first-order valence-corrected chi connectivity index (χ1v) is 4.30. The first-order valence-electron chi connectivity index (χ1n) is 4.30. The third kappa shape index (κ3) is 7.26. The van der Waals surface area contributed by atoms with Crippen molar-refractivity contribution < 1.29 is 23.9 Å². The highest BCUT2D eigenvalue weighted by atomic mass is 16.5. The molecule has 0 aromatic rings. The SMILES string of the molecule is CC(=O)C(=O)OCC#CC(=O)OC(C)C. The molecule has 0 atom stereocenters. The fourth-order valence-electron chi connectivity index (χ4n) is 0.555. The number of rotatable bonds is 3. The van der Waals surface area contributed by atoms with E-state index in [4.69, 9.17) is 0 Å². The van der Waals surface area contributed by atoms with Crippen LogP contribution in [-0.2, 0) is 23.9 Å². The Kier molecular flexibility index (Phi) is 5.79. The van der Waals surface area contributed by atoms with Crippen molar-refractivity contribution in [3.05, 3.63) is 0 Å². The van der Waals surface area contributed by atoms with Crippen LogP contribution in [0.1, 0.15) is 20.8 Å². The molecule has 0 saturated heterocycles. The molecule has 0 fully saturated rings. The normalized spacial score (nSPS) is 8.80. The summed E-state index contributed by atoms with van der Waals surface area (Å²) in [7, 11) is 0. The molecule has 0 aliphatic rings. The average molecular weight is 212 g/mol. The van der Waals surface area contributed by atoms with Gasteiger partial charge in [0.1, 0.15) is 0 Å². The molecule has 0 N–H and O–H groups in total. The molecule has 5 nitrogen and oxygen atoms in total. The maximum Gasteiger partial charge on any atom is 0.384 e. The van der Waals surface area contributed by atoms with E-state index in [9.17, 15) is 14.4 Å². The fourth-order valence-corrected chi connectivity index (χ4v) is 0.555. The molecule has 0 unspecified atom stereocenters. The van der Waals surface area contributed by atoms with Gasteiger partial charge in [-0.25, -0.2) is 9.59 Å². The van der Waals surface area contributed by atoms with Crippen LogP contribution in [-0.4, -0.2) is 30.4 Å². The lowest BCUT2D eigenvalue weighted by molar-refractivity contribution is -0.151. The number of hydrogen-bond donors (Lipinski definition) is 0. The molecule has 0 rings (SSSR count). The molecule has 0 saturated carbocycles. The van der Waals surface area contributed by atoms with E-state index in [0.29, 0.717) is 0 Å². The van der Waals surface area contributed by atoms with E-state index in [1.54, 1.807) is 13.8 Å². The highest BCUT2D eigenvalue weighted by Gasteiger charge is 2.06. The molecule has 82 valence electrons. The lowest BCUT2D eigenvalue weighted by Crippen LogP contribution is -2.14. The minimum atomic E-state index is -0.971. The standard InChI is InChI=1S/C10H12O5/c1-7(2)15-9(12)5-4-6-14-10(13)8(3)11/h7H,6H2,1-3H3. The van der Waals surface area contributed by atoms with Gasteiger partial charge >= 0.3 is 11.9 Å². The largest absolute Gasteiger partial charge is 0.453 e. The molecule has 0 spiro atoms. The summed E-state index contributed by atoms with van der Waals surface area (Å²) in [5.41, 5.74) is 0. The summed E-state index contributed by atoms with van der Waals surface area (Å²) in [5, 5.41) is 0. The number of esters is 2. The van der Waals surface area contributed by atoms with Gasteiger partial charge in [0.25, 0.3) is 0 Å². The van der Waals surface area contributed by atoms with Gasteiger partial charge in [0, 0.05) is 12.8 Å². The lowest BCUT2D eigenvalue weighted by Gasteiger charge is -2.01. The number of carbonyl (C=O) groups is 3. The highest BCUT2D eigenvalue weighted by Crippen LogP contribution is 1.87. The van der Waals surface area contributed by atoms with Crippen LogP contribution in [0.15, 0.2) is 0 Å². The van der Waals surface area contributed by atoms with Crippen LogP contribution in [0, 0.1) is 11.8 Å². The Bertz CT molecular complexity index is 318. The lowest BCUT2D eigenvalue weighted by atomic mass is 10.4. The van der Waals surface area contributed by atoms with Crippen LogP contribution in [0.2, 0.25) is 0 Å². The van der Waals surface area contributed by atoms with Crippen molar-refractivity contribution in [1.82, 2.24) is 0 Å². The van der Waals surface area contributed by atoms with Crippen molar-refractivity contribution >= 4 is 17.7 Å². The maximum atomic E-state index is 10.8. The number of Topliss-reactive ketones (excluding diaryl/α,β-unsaturated/α-hetero) is 1. The van der Waals surface area contributed by atoms with Crippen LogP contribution in [0.3, 0.4) is 0 Å². The van der Waals surface area contributed by atoms with Gasteiger partial charge < -0.3 is 9.47 Å². The van der Waals surface area contributed by atoms with Gasteiger partial charge in [0.2, 0.25) is 5.78 Å². The Morgan fingerprint density at radius 2 is 1.87 bits per heavy atom. The molecule has 0 aromatic heterocycles. The number of hydrogen-bond acceptors (Lipinski definition) is 5. The van der Waals surface area contributed by atoms with Crippen molar-refractivity contribution in [3.63, 3.8) is 0 Å². The van der Waals surface area contributed by atoms with Crippen LogP contribution < -0.4 is 0 Å². The molecule has 0 aliphatic carbocycles. The van der Waals surface area contributed by atoms with E-state index >= 15 is 0 Å². The topological polar surface area (TPSA) is 69.7 Å².